The van der Waals surface area contributed by atoms with E-state index in [1.54, 1.807) is 18.3 Å². The Balaban J connectivity index is 3.00. The number of nitrogens with one attached hydrogen (secondary N) is 1. The van der Waals surface area contributed by atoms with E-state index in [0.29, 0.717) is 5.69 Å². The highest BCUT2D eigenvalue weighted by atomic mass is 14.7. The highest BCUT2D eigenvalue weighted by Crippen LogP contribution is 1.98. The minimum absolute atomic E-state index is 0.672. The molecule has 0 fully saturated rings. The number of hydrogen-bond acceptors (Lipinski definition) is 2. The molecule has 0 aromatic carbocycles. The second-order valence-electron chi connectivity index (χ2n) is 1.86. The van der Waals surface area contributed by atoms with Crippen LogP contribution in [0.5, 0.6) is 0 Å². The zero-order valence-electron chi connectivity index (χ0n) is 5.54. The van der Waals surface area contributed by atoms with Crippen molar-refractivity contribution >= 4 is 12.3 Å². The molecule has 1 heterocycles. The zero-order chi connectivity index (χ0) is 7.40. The van der Waals surface area contributed by atoms with Gasteiger partial charge in [-0.15, -0.1) is 0 Å². The first-order chi connectivity index (χ1) is 4.86. The van der Waals surface area contributed by atoms with E-state index in [9.17, 15) is 0 Å². The quantitative estimate of drug-likeness (QED) is 0.611. The first kappa shape index (κ1) is 6.68. The van der Waals surface area contributed by atoms with Crippen molar-refractivity contribution in [2.24, 2.45) is 0 Å². The average molecular weight is 132 g/mol. The molecule has 0 radical (unpaired) electrons. The van der Waals surface area contributed by atoms with Gasteiger partial charge in [-0.05, 0) is 11.6 Å². The Bertz CT molecular complexity index is 209. The van der Waals surface area contributed by atoms with Gasteiger partial charge in [0.15, 0.2) is 0 Å². The SMILES string of the molecule is C=Cc1ccc(C=N)nc1. The Morgan fingerprint density at radius 1 is 1.50 bits per heavy atom. The normalized spacial score (nSPS) is 8.80. The molecule has 1 aromatic heterocycles. The van der Waals surface area contributed by atoms with Crippen LogP contribution in [0.3, 0.4) is 0 Å². The molecular formula is C8H8N2. The van der Waals surface area contributed by atoms with Crippen LogP contribution in [0.25, 0.3) is 6.08 Å². The number of hydrogen-bond donors (Lipinski definition) is 1. The van der Waals surface area contributed by atoms with Gasteiger partial charge >= 0.3 is 0 Å². The summed E-state index contributed by atoms with van der Waals surface area (Å²) in [5.74, 6) is 0. The summed E-state index contributed by atoms with van der Waals surface area (Å²) in [6.07, 6.45) is 4.63. The van der Waals surface area contributed by atoms with Crippen LogP contribution in [-0.4, -0.2) is 11.2 Å². The summed E-state index contributed by atoms with van der Waals surface area (Å²) in [6.45, 7) is 3.59. The molecule has 0 bridgehead atoms. The fourth-order valence-corrected chi connectivity index (χ4v) is 0.623. The van der Waals surface area contributed by atoms with Gasteiger partial charge in [-0.2, -0.15) is 0 Å². The maximum Gasteiger partial charge on any atom is 0.0805 e. The molecule has 0 saturated carbocycles. The summed E-state index contributed by atoms with van der Waals surface area (Å²) in [6, 6.07) is 3.66. The van der Waals surface area contributed by atoms with Crippen LogP contribution in [0.15, 0.2) is 24.9 Å². The molecule has 0 aliphatic rings. The van der Waals surface area contributed by atoms with Gasteiger partial charge in [-0.1, -0.05) is 18.7 Å². The van der Waals surface area contributed by atoms with Crippen LogP contribution in [0.4, 0.5) is 0 Å². The number of rotatable bonds is 2. The van der Waals surface area contributed by atoms with Crippen molar-refractivity contribution in [3.8, 4) is 0 Å². The van der Waals surface area contributed by atoms with E-state index in [4.69, 9.17) is 5.41 Å². The van der Waals surface area contributed by atoms with Gasteiger partial charge in [0.2, 0.25) is 0 Å². The highest BCUT2D eigenvalue weighted by molar-refractivity contribution is 5.74. The second kappa shape index (κ2) is 2.92. The van der Waals surface area contributed by atoms with Crippen LogP contribution in [0, 0.1) is 5.41 Å². The Morgan fingerprint density at radius 2 is 2.30 bits per heavy atom. The summed E-state index contributed by atoms with van der Waals surface area (Å²) in [5.41, 5.74) is 1.65. The van der Waals surface area contributed by atoms with Crippen molar-refractivity contribution < 1.29 is 0 Å². The lowest BCUT2D eigenvalue weighted by atomic mass is 10.2. The van der Waals surface area contributed by atoms with Crippen LogP contribution >= 0.6 is 0 Å². The van der Waals surface area contributed by atoms with Crippen molar-refractivity contribution in [1.29, 1.82) is 5.41 Å². The van der Waals surface area contributed by atoms with E-state index in [1.807, 2.05) is 6.07 Å². The predicted molar refractivity (Wildman–Crippen MR) is 42.2 cm³/mol. The summed E-state index contributed by atoms with van der Waals surface area (Å²) >= 11 is 0. The molecule has 0 aliphatic carbocycles. The van der Waals surface area contributed by atoms with Crippen molar-refractivity contribution in [3.05, 3.63) is 36.2 Å². The Hall–Kier alpha value is -1.44. The number of aromatic nitrogens is 1. The Morgan fingerprint density at radius 3 is 2.70 bits per heavy atom. The largest absolute Gasteiger partial charge is 0.307 e. The third kappa shape index (κ3) is 1.29. The second-order valence-corrected chi connectivity index (χ2v) is 1.86. The van der Waals surface area contributed by atoms with Crippen LogP contribution in [0.2, 0.25) is 0 Å². The molecule has 10 heavy (non-hydrogen) atoms. The van der Waals surface area contributed by atoms with Crippen LogP contribution in [0.1, 0.15) is 11.3 Å². The van der Waals surface area contributed by atoms with E-state index in [1.165, 1.54) is 6.21 Å². The minimum Gasteiger partial charge on any atom is -0.307 e. The maximum atomic E-state index is 6.86. The fourth-order valence-electron chi connectivity index (χ4n) is 0.623. The molecule has 2 nitrogen and oxygen atoms in total. The van der Waals surface area contributed by atoms with Crippen molar-refractivity contribution in [2.45, 2.75) is 0 Å². The summed E-state index contributed by atoms with van der Waals surface area (Å²) in [5, 5.41) is 6.86. The molecule has 0 atom stereocenters. The first-order valence-electron chi connectivity index (χ1n) is 2.96. The van der Waals surface area contributed by atoms with Gasteiger partial charge in [0, 0.05) is 12.4 Å². The molecule has 1 aromatic rings. The van der Waals surface area contributed by atoms with Gasteiger partial charge < -0.3 is 5.41 Å². The third-order valence-electron chi connectivity index (χ3n) is 1.19. The van der Waals surface area contributed by atoms with Crippen LogP contribution in [-0.2, 0) is 0 Å². The smallest absolute Gasteiger partial charge is 0.0805 e. The third-order valence-corrected chi connectivity index (χ3v) is 1.19. The van der Waals surface area contributed by atoms with Gasteiger partial charge in [-0.25, -0.2) is 0 Å². The van der Waals surface area contributed by atoms with E-state index >= 15 is 0 Å². The lowest BCUT2D eigenvalue weighted by Crippen LogP contribution is -1.84. The molecule has 0 aliphatic heterocycles. The zero-order valence-corrected chi connectivity index (χ0v) is 5.54. The van der Waals surface area contributed by atoms with E-state index in [2.05, 4.69) is 11.6 Å². The summed E-state index contributed by atoms with van der Waals surface area (Å²) in [7, 11) is 0. The van der Waals surface area contributed by atoms with Crippen LogP contribution < -0.4 is 0 Å². The Labute approximate surface area is 59.7 Å². The summed E-state index contributed by atoms with van der Waals surface area (Å²) in [4.78, 5) is 3.95. The monoisotopic (exact) mass is 132 g/mol. The van der Waals surface area contributed by atoms with Crippen molar-refractivity contribution in [1.82, 2.24) is 4.98 Å². The van der Waals surface area contributed by atoms with E-state index in [-0.39, 0.29) is 0 Å². The fraction of sp³-hybridized carbons (Fsp3) is 0. The van der Waals surface area contributed by atoms with E-state index in [0.717, 1.165) is 5.56 Å². The number of pyridine rings is 1. The van der Waals surface area contributed by atoms with Crippen molar-refractivity contribution in [2.75, 3.05) is 0 Å². The predicted octanol–water partition coefficient (Wildman–Crippen LogP) is 1.72. The van der Waals surface area contributed by atoms with Gasteiger partial charge in [0.05, 0.1) is 5.69 Å². The molecule has 0 unspecified atom stereocenters. The molecule has 50 valence electrons. The van der Waals surface area contributed by atoms with Gasteiger partial charge in [0.1, 0.15) is 0 Å². The first-order valence-corrected chi connectivity index (χ1v) is 2.96. The molecular weight excluding hydrogens is 124 g/mol. The minimum atomic E-state index is 0.672. The molecule has 0 spiro atoms. The van der Waals surface area contributed by atoms with Crippen molar-refractivity contribution in [3.63, 3.8) is 0 Å². The maximum absolute atomic E-state index is 6.86. The average Bonchev–Trinajstić information content (AvgIpc) is 2.05. The molecule has 1 rings (SSSR count). The highest BCUT2D eigenvalue weighted by Gasteiger charge is 1.86. The molecule has 0 saturated heterocycles. The topological polar surface area (TPSA) is 36.7 Å². The number of nitrogens with zero attached hydrogens (tertiary/aromatic N) is 1. The molecule has 0 amide bonds. The molecule has 1 N–H and O–H groups in total. The standard InChI is InChI=1S/C8H8N2/c1-2-7-3-4-8(5-9)10-6-7/h2-6,9H,1H2. The molecule has 2 heteroatoms. The lowest BCUT2D eigenvalue weighted by Gasteiger charge is -1.91. The Kier molecular flexibility index (Phi) is 1.95. The van der Waals surface area contributed by atoms with Gasteiger partial charge in [0.25, 0.3) is 0 Å². The van der Waals surface area contributed by atoms with Gasteiger partial charge in [-0.3, -0.25) is 4.98 Å². The summed E-state index contributed by atoms with van der Waals surface area (Å²) < 4.78 is 0. The van der Waals surface area contributed by atoms with E-state index < -0.39 is 0 Å². The lowest BCUT2D eigenvalue weighted by molar-refractivity contribution is 1.28.